The van der Waals surface area contributed by atoms with E-state index in [0.717, 1.165) is 6.42 Å². The fourth-order valence-electron chi connectivity index (χ4n) is 3.22. The van der Waals surface area contributed by atoms with E-state index < -0.39 is 35.9 Å². The average molecular weight is 417 g/mol. The predicted molar refractivity (Wildman–Crippen MR) is 119 cm³/mol. The molecule has 0 unspecified atom stereocenters. The highest BCUT2D eigenvalue weighted by molar-refractivity contribution is 5.86. The lowest BCUT2D eigenvalue weighted by Gasteiger charge is -2.33. The molecule has 1 amide bonds. The van der Waals surface area contributed by atoms with E-state index in [2.05, 4.69) is 5.32 Å². The normalized spacial score (nSPS) is 17.6. The van der Waals surface area contributed by atoms with Gasteiger partial charge in [0, 0.05) is 4.11 Å². The van der Waals surface area contributed by atoms with Gasteiger partial charge in [-0.1, -0.05) is 62.7 Å². The maximum Gasteiger partial charge on any atom is 0.256 e. The van der Waals surface area contributed by atoms with Crippen molar-refractivity contribution in [3.05, 3.63) is 65.7 Å². The second-order valence-electron chi connectivity index (χ2n) is 8.36. The van der Waals surface area contributed by atoms with Crippen molar-refractivity contribution in [2.24, 2.45) is 5.92 Å². The fourth-order valence-corrected chi connectivity index (χ4v) is 3.22. The van der Waals surface area contributed by atoms with Gasteiger partial charge in [0.05, 0.1) is 18.2 Å². The number of carbonyl (C=O) groups is 1. The maximum absolute atomic E-state index is 12.9. The van der Waals surface area contributed by atoms with Crippen molar-refractivity contribution in [2.75, 3.05) is 6.61 Å². The number of rotatable bonds is 10. The summed E-state index contributed by atoms with van der Waals surface area (Å²) in [5.74, 6) is -0.687. The van der Waals surface area contributed by atoms with Gasteiger partial charge in [-0.15, -0.1) is 0 Å². The molecule has 164 valence electrons. The van der Waals surface area contributed by atoms with E-state index >= 15 is 0 Å². The van der Waals surface area contributed by atoms with Crippen LogP contribution in [0.1, 0.15) is 68.7 Å². The first-order chi connectivity index (χ1) is 15.3. The molecule has 3 N–H and O–H groups in total. The Morgan fingerprint density at radius 2 is 1.73 bits per heavy atom. The summed E-state index contributed by atoms with van der Waals surface area (Å²) in [7, 11) is 0. The van der Waals surface area contributed by atoms with Crippen LogP contribution in [0.5, 0.6) is 5.75 Å². The summed E-state index contributed by atoms with van der Waals surface area (Å²) in [6.45, 7) is 4.50. The van der Waals surface area contributed by atoms with Crippen LogP contribution in [0, 0.1) is 5.92 Å². The Hall–Kier alpha value is -2.37. The van der Waals surface area contributed by atoms with Gasteiger partial charge < -0.3 is 20.3 Å². The molecule has 0 bridgehead atoms. The molecule has 0 aliphatic rings. The van der Waals surface area contributed by atoms with Crippen LogP contribution in [0.25, 0.3) is 0 Å². The molecule has 0 fully saturated rings. The molecule has 30 heavy (non-hydrogen) atoms. The Kier molecular flexibility index (Phi) is 6.59. The zero-order chi connectivity index (χ0) is 24.9. The van der Waals surface area contributed by atoms with Gasteiger partial charge in [0.15, 0.2) is 5.60 Å². The molecule has 0 aliphatic carbocycles. The van der Waals surface area contributed by atoms with Crippen LogP contribution in [-0.4, -0.2) is 28.3 Å². The lowest BCUT2D eigenvalue weighted by molar-refractivity contribution is -0.141. The van der Waals surface area contributed by atoms with Crippen LogP contribution in [0.15, 0.2) is 54.6 Å². The molecule has 0 saturated heterocycles. The number of amides is 1. The summed E-state index contributed by atoms with van der Waals surface area (Å²) in [6.07, 6.45) is 1.30. The quantitative estimate of drug-likeness (QED) is 0.538. The first kappa shape index (κ1) is 19.6. The van der Waals surface area contributed by atoms with Crippen molar-refractivity contribution in [1.29, 1.82) is 0 Å². The Morgan fingerprint density at radius 3 is 2.27 bits per heavy atom. The zero-order valence-corrected chi connectivity index (χ0v) is 18.2. The van der Waals surface area contributed by atoms with Crippen molar-refractivity contribution < 1.29 is 23.9 Å². The molecule has 2 aromatic rings. The topological polar surface area (TPSA) is 78.8 Å². The van der Waals surface area contributed by atoms with Crippen LogP contribution >= 0.6 is 0 Å². The van der Waals surface area contributed by atoms with Crippen molar-refractivity contribution in [1.82, 2.24) is 5.32 Å². The smallest absolute Gasteiger partial charge is 0.256 e. The first-order valence-corrected chi connectivity index (χ1v) is 10.3. The number of hydrogen-bond acceptors (Lipinski definition) is 4. The summed E-state index contributed by atoms with van der Waals surface area (Å²) in [4.78, 5) is 12.9. The van der Waals surface area contributed by atoms with Gasteiger partial charge in [0.2, 0.25) is 0 Å². The van der Waals surface area contributed by atoms with Crippen molar-refractivity contribution in [2.45, 2.75) is 64.6 Å². The number of nitrogens with one attached hydrogen (secondary N) is 1. The van der Waals surface area contributed by atoms with Gasteiger partial charge in [0.25, 0.3) is 5.91 Å². The standard InChI is InChI=1S/C25H35NO4/c1-6-10-18(2)17-30-21-15-13-19(14-16-21)22(24(3,4)28)26-23(27)25(5,29)20-11-8-7-9-12-20/h7-9,11-16,18,22,28-29H,6,10,17H2,1-5H3,(H,26,27)/t18-,22-,25-/m1/s1/i2D3. The minimum Gasteiger partial charge on any atom is -0.493 e. The highest BCUT2D eigenvalue weighted by Gasteiger charge is 2.37. The van der Waals surface area contributed by atoms with E-state index in [-0.39, 0.29) is 6.61 Å². The van der Waals surface area contributed by atoms with E-state index in [1.807, 2.05) is 6.92 Å². The van der Waals surface area contributed by atoms with Gasteiger partial charge in [-0.3, -0.25) is 4.79 Å². The van der Waals surface area contributed by atoms with Crippen LogP contribution < -0.4 is 10.1 Å². The SMILES string of the molecule is [2H]C([2H])([2H])[C@H](CCC)COc1ccc([C@@H](NC(=O)[C@](C)(O)c2ccccc2)C(C)(C)O)cc1. The van der Waals surface area contributed by atoms with Gasteiger partial charge in [0.1, 0.15) is 5.75 Å². The third-order valence-corrected chi connectivity index (χ3v) is 5.06. The van der Waals surface area contributed by atoms with E-state index in [1.165, 1.54) is 6.92 Å². The summed E-state index contributed by atoms with van der Waals surface area (Å²) >= 11 is 0. The number of hydrogen-bond donors (Lipinski definition) is 3. The molecule has 5 heteroatoms. The van der Waals surface area contributed by atoms with Crippen molar-refractivity contribution >= 4 is 5.91 Å². The van der Waals surface area contributed by atoms with E-state index in [0.29, 0.717) is 23.3 Å². The highest BCUT2D eigenvalue weighted by Crippen LogP contribution is 2.29. The largest absolute Gasteiger partial charge is 0.493 e. The zero-order valence-electron chi connectivity index (χ0n) is 21.2. The summed E-state index contributed by atoms with van der Waals surface area (Å²) in [5.41, 5.74) is -2.04. The first-order valence-electron chi connectivity index (χ1n) is 11.8. The van der Waals surface area contributed by atoms with Crippen LogP contribution in [0.4, 0.5) is 0 Å². The summed E-state index contributed by atoms with van der Waals surface area (Å²) < 4.78 is 28.7. The molecule has 2 aromatic carbocycles. The summed E-state index contributed by atoms with van der Waals surface area (Å²) in [6, 6.07) is 14.6. The molecule has 3 atom stereocenters. The molecule has 2 rings (SSSR count). The Bertz CT molecular complexity index is 891. The Labute approximate surface area is 184 Å². The van der Waals surface area contributed by atoms with Crippen LogP contribution in [0.2, 0.25) is 0 Å². The lowest BCUT2D eigenvalue weighted by Crippen LogP contribution is -2.49. The molecule has 0 radical (unpaired) electrons. The third kappa shape index (κ3) is 6.31. The van der Waals surface area contributed by atoms with Gasteiger partial charge >= 0.3 is 0 Å². The van der Waals surface area contributed by atoms with Crippen LogP contribution in [-0.2, 0) is 10.4 Å². The second kappa shape index (κ2) is 10.1. The number of aliphatic hydroxyl groups is 2. The Balaban J connectivity index is 2.16. The third-order valence-electron chi connectivity index (χ3n) is 5.06. The predicted octanol–water partition coefficient (Wildman–Crippen LogP) is 4.34. The minimum absolute atomic E-state index is 0.0787. The van der Waals surface area contributed by atoms with Gasteiger partial charge in [-0.25, -0.2) is 0 Å². The fraction of sp³-hybridized carbons (Fsp3) is 0.480. The van der Waals surface area contributed by atoms with Crippen molar-refractivity contribution in [3.8, 4) is 5.75 Å². The minimum atomic E-state index is -2.08. The molecule has 5 nitrogen and oxygen atoms in total. The number of ether oxygens (including phenoxy) is 1. The molecule has 0 aromatic heterocycles. The van der Waals surface area contributed by atoms with E-state index in [4.69, 9.17) is 8.85 Å². The second-order valence-corrected chi connectivity index (χ2v) is 8.36. The molecule has 0 heterocycles. The van der Waals surface area contributed by atoms with Gasteiger partial charge in [-0.05, 0) is 56.4 Å². The molecular weight excluding hydrogens is 378 g/mol. The van der Waals surface area contributed by atoms with Crippen molar-refractivity contribution in [3.63, 3.8) is 0 Å². The summed E-state index contributed by atoms with van der Waals surface area (Å²) in [5, 5.41) is 24.3. The molecule has 0 spiro atoms. The molecule has 0 aliphatic heterocycles. The van der Waals surface area contributed by atoms with Gasteiger partial charge in [-0.2, -0.15) is 0 Å². The average Bonchev–Trinajstić information content (AvgIpc) is 2.74. The Morgan fingerprint density at radius 1 is 1.10 bits per heavy atom. The molecular formula is C25H35NO4. The highest BCUT2D eigenvalue weighted by atomic mass is 16.5. The lowest BCUT2D eigenvalue weighted by atomic mass is 9.89. The van der Waals surface area contributed by atoms with Crippen LogP contribution in [0.3, 0.4) is 0 Å². The molecule has 0 saturated carbocycles. The maximum atomic E-state index is 12.9. The monoisotopic (exact) mass is 416 g/mol. The number of carbonyl (C=O) groups excluding carboxylic acids is 1. The van der Waals surface area contributed by atoms with E-state index in [1.54, 1.807) is 68.4 Å². The number of benzene rings is 2. The van der Waals surface area contributed by atoms with E-state index in [9.17, 15) is 15.0 Å².